The van der Waals surface area contributed by atoms with Crippen LogP contribution in [0.1, 0.15) is 29.4 Å². The van der Waals surface area contributed by atoms with E-state index < -0.39 is 5.60 Å². The van der Waals surface area contributed by atoms with Crippen LogP contribution in [0.25, 0.3) is 10.9 Å². The van der Waals surface area contributed by atoms with Crippen LogP contribution in [0.3, 0.4) is 0 Å². The minimum absolute atomic E-state index is 0.470. The molecule has 0 fully saturated rings. The van der Waals surface area contributed by atoms with Gasteiger partial charge in [0.25, 0.3) is 0 Å². The average Bonchev–Trinajstić information content (AvgIpc) is 3.16. The fraction of sp³-hybridized carbons (Fsp3) is 0.421. The summed E-state index contributed by atoms with van der Waals surface area (Å²) in [5.41, 5.74) is 4.67. The summed E-state index contributed by atoms with van der Waals surface area (Å²) in [6.45, 7) is 6.38. The topological polar surface area (TPSA) is 54.4 Å². The number of aryl methyl sites for hydroxylation is 1. The molecule has 5 nitrogen and oxygen atoms in total. The number of likely N-dealkylation sites (N-methyl/N-ethyl adjacent to an activating group) is 1. The summed E-state index contributed by atoms with van der Waals surface area (Å²) in [4.78, 5) is 6.50. The smallest absolute Gasteiger partial charge is 0.180 e. The Hall–Kier alpha value is -2.11. The van der Waals surface area contributed by atoms with E-state index in [9.17, 15) is 5.11 Å². The van der Waals surface area contributed by atoms with Crippen LogP contribution >= 0.6 is 0 Å². The Labute approximate surface area is 141 Å². The van der Waals surface area contributed by atoms with Crippen molar-refractivity contribution in [3.63, 3.8) is 0 Å². The lowest BCUT2D eigenvalue weighted by Gasteiger charge is -2.27. The fourth-order valence-electron chi connectivity index (χ4n) is 3.75. The van der Waals surface area contributed by atoms with Gasteiger partial charge < -0.3 is 19.0 Å². The number of benzene rings is 1. The summed E-state index contributed by atoms with van der Waals surface area (Å²) < 4.78 is 7.33. The Kier molecular flexibility index (Phi) is 3.51. The van der Waals surface area contributed by atoms with Crippen LogP contribution in [0.2, 0.25) is 0 Å². The maximum absolute atomic E-state index is 11.0. The van der Waals surface area contributed by atoms with E-state index in [1.165, 1.54) is 40.4 Å². The normalized spacial score (nSPS) is 17.8. The molecule has 1 aliphatic rings. The minimum atomic E-state index is -1.07. The number of fused-ring (bicyclic) bond motifs is 3. The van der Waals surface area contributed by atoms with Gasteiger partial charge in [0, 0.05) is 36.1 Å². The molecule has 5 heteroatoms. The molecule has 4 rings (SSSR count). The molecule has 2 aromatic heterocycles. The number of rotatable bonds is 3. The lowest BCUT2D eigenvalue weighted by atomic mass is 10.0. The van der Waals surface area contributed by atoms with Crippen LogP contribution < -0.4 is 0 Å². The lowest BCUT2D eigenvalue weighted by Crippen LogP contribution is -2.31. The van der Waals surface area contributed by atoms with Crippen LogP contribution in [-0.2, 0) is 25.1 Å². The first kappa shape index (κ1) is 15.4. The summed E-state index contributed by atoms with van der Waals surface area (Å²) in [6.07, 6.45) is 3.88. The molecule has 24 heavy (non-hydrogen) atoms. The van der Waals surface area contributed by atoms with Crippen molar-refractivity contribution in [2.45, 2.75) is 39.0 Å². The third-order valence-electron chi connectivity index (χ3n) is 5.05. The highest BCUT2D eigenvalue weighted by Crippen LogP contribution is 2.34. The zero-order valence-corrected chi connectivity index (χ0v) is 14.4. The molecule has 0 saturated heterocycles. The van der Waals surface area contributed by atoms with Crippen molar-refractivity contribution in [3.8, 4) is 0 Å². The first-order valence-electron chi connectivity index (χ1n) is 8.36. The monoisotopic (exact) mass is 325 g/mol. The molecule has 126 valence electrons. The van der Waals surface area contributed by atoms with Gasteiger partial charge >= 0.3 is 0 Å². The molecular formula is C19H23N3O2. The minimum Gasteiger partial charge on any atom is -0.451 e. The maximum Gasteiger partial charge on any atom is 0.180 e. The summed E-state index contributed by atoms with van der Waals surface area (Å²) in [7, 11) is 2.16. The zero-order valence-electron chi connectivity index (χ0n) is 14.4. The highest BCUT2D eigenvalue weighted by Gasteiger charge is 2.30. The van der Waals surface area contributed by atoms with Gasteiger partial charge in [-0.25, -0.2) is 4.98 Å². The van der Waals surface area contributed by atoms with Crippen molar-refractivity contribution in [2.24, 2.45) is 0 Å². The molecule has 1 aliphatic heterocycles. The molecule has 0 amide bonds. The van der Waals surface area contributed by atoms with Crippen molar-refractivity contribution >= 4 is 10.9 Å². The van der Waals surface area contributed by atoms with E-state index >= 15 is 0 Å². The molecule has 3 heterocycles. The largest absolute Gasteiger partial charge is 0.451 e. The molecule has 0 spiro atoms. The summed E-state index contributed by atoms with van der Waals surface area (Å²) in [5.74, 6) is 0. The quantitative estimate of drug-likeness (QED) is 0.804. The Bertz CT molecular complexity index is 878. The number of hydrogen-bond acceptors (Lipinski definition) is 4. The van der Waals surface area contributed by atoms with Gasteiger partial charge in [0.2, 0.25) is 0 Å². The van der Waals surface area contributed by atoms with Crippen LogP contribution in [0.15, 0.2) is 35.3 Å². The van der Waals surface area contributed by atoms with Crippen molar-refractivity contribution in [2.75, 3.05) is 13.6 Å². The molecule has 0 saturated carbocycles. The molecule has 0 bridgehead atoms. The standard InChI is InChI=1S/C19H23N3O2/c1-13-4-5-16-14(8-13)15-9-21(3)7-6-17(15)22(16)11-19(2,23)18-10-24-12-20-18/h4-5,8,10,12,23H,6-7,9,11H2,1-3H3. The molecule has 1 atom stereocenters. The van der Waals surface area contributed by atoms with Crippen molar-refractivity contribution in [1.29, 1.82) is 0 Å². The van der Waals surface area contributed by atoms with Crippen LogP contribution in [0.5, 0.6) is 0 Å². The molecular weight excluding hydrogens is 302 g/mol. The summed E-state index contributed by atoms with van der Waals surface area (Å²) in [5, 5.41) is 12.3. The van der Waals surface area contributed by atoms with Gasteiger partial charge in [-0.15, -0.1) is 0 Å². The molecule has 0 radical (unpaired) electrons. The molecule has 1 aromatic carbocycles. The SMILES string of the molecule is Cc1ccc2c(c1)c1c(n2CC(C)(O)c2cocn2)CCN(C)C1. The van der Waals surface area contributed by atoms with Gasteiger partial charge in [0.05, 0.1) is 6.54 Å². The van der Waals surface area contributed by atoms with E-state index in [0.29, 0.717) is 12.2 Å². The Morgan fingerprint density at radius 3 is 2.96 bits per heavy atom. The Morgan fingerprint density at radius 2 is 2.21 bits per heavy atom. The number of nitrogens with zero attached hydrogens (tertiary/aromatic N) is 3. The van der Waals surface area contributed by atoms with Crippen molar-refractivity contribution in [3.05, 3.63) is 53.4 Å². The van der Waals surface area contributed by atoms with Gasteiger partial charge in [-0.05, 0) is 38.6 Å². The predicted octanol–water partition coefficient (Wildman–Crippen LogP) is 2.83. The second-order valence-electron chi connectivity index (χ2n) is 7.17. The fourth-order valence-corrected chi connectivity index (χ4v) is 3.75. The van der Waals surface area contributed by atoms with Gasteiger partial charge in [-0.2, -0.15) is 0 Å². The third kappa shape index (κ3) is 2.44. The van der Waals surface area contributed by atoms with E-state index in [2.05, 4.69) is 46.6 Å². The first-order chi connectivity index (χ1) is 11.5. The van der Waals surface area contributed by atoms with Crippen LogP contribution in [0, 0.1) is 6.92 Å². The average molecular weight is 325 g/mol. The lowest BCUT2D eigenvalue weighted by molar-refractivity contribution is 0.0340. The van der Waals surface area contributed by atoms with Crippen LogP contribution in [-0.4, -0.2) is 33.1 Å². The molecule has 3 aromatic rings. The second kappa shape index (κ2) is 5.46. The molecule has 1 N–H and O–H groups in total. The van der Waals surface area contributed by atoms with Gasteiger partial charge in [0.1, 0.15) is 17.6 Å². The predicted molar refractivity (Wildman–Crippen MR) is 92.8 cm³/mol. The van der Waals surface area contributed by atoms with Gasteiger partial charge in [0.15, 0.2) is 6.39 Å². The van der Waals surface area contributed by atoms with E-state index in [1.807, 2.05) is 0 Å². The van der Waals surface area contributed by atoms with Crippen molar-refractivity contribution in [1.82, 2.24) is 14.5 Å². The number of oxazole rings is 1. The number of aliphatic hydroxyl groups is 1. The summed E-state index contributed by atoms with van der Waals surface area (Å²) in [6, 6.07) is 6.56. The molecule has 1 unspecified atom stereocenters. The zero-order chi connectivity index (χ0) is 16.9. The number of aromatic nitrogens is 2. The highest BCUT2D eigenvalue weighted by atomic mass is 16.3. The Balaban J connectivity index is 1.86. The van der Waals surface area contributed by atoms with Gasteiger partial charge in [-0.3, -0.25) is 0 Å². The van der Waals surface area contributed by atoms with E-state index in [-0.39, 0.29) is 0 Å². The third-order valence-corrected chi connectivity index (χ3v) is 5.05. The van der Waals surface area contributed by atoms with E-state index in [1.54, 1.807) is 6.92 Å². The maximum atomic E-state index is 11.0. The van der Waals surface area contributed by atoms with Crippen LogP contribution in [0.4, 0.5) is 0 Å². The molecule has 0 aliphatic carbocycles. The van der Waals surface area contributed by atoms with Gasteiger partial charge in [-0.1, -0.05) is 11.6 Å². The first-order valence-corrected chi connectivity index (χ1v) is 8.36. The van der Waals surface area contributed by atoms with Crippen molar-refractivity contribution < 1.29 is 9.52 Å². The van der Waals surface area contributed by atoms with E-state index in [0.717, 1.165) is 19.5 Å². The Morgan fingerprint density at radius 1 is 1.38 bits per heavy atom. The number of hydrogen-bond donors (Lipinski definition) is 1. The summed E-state index contributed by atoms with van der Waals surface area (Å²) >= 11 is 0. The second-order valence-corrected chi connectivity index (χ2v) is 7.17. The van der Waals surface area contributed by atoms with E-state index in [4.69, 9.17) is 4.42 Å². The highest BCUT2D eigenvalue weighted by molar-refractivity contribution is 5.86.